The van der Waals surface area contributed by atoms with E-state index in [9.17, 15) is 4.79 Å². The maximum Gasteiger partial charge on any atom is 0.331 e. The highest BCUT2D eigenvalue weighted by atomic mass is 35.5. The summed E-state index contributed by atoms with van der Waals surface area (Å²) in [6, 6.07) is 17.2. The van der Waals surface area contributed by atoms with E-state index in [1.807, 2.05) is 54.6 Å². The van der Waals surface area contributed by atoms with Crippen LogP contribution in [0.1, 0.15) is 10.8 Å². The van der Waals surface area contributed by atoms with Crippen molar-refractivity contribution in [3.63, 3.8) is 0 Å². The third kappa shape index (κ3) is 3.92. The molecule has 0 atom stereocenters. The topological polar surface area (TPSA) is 65.2 Å². The van der Waals surface area contributed by atoms with Crippen molar-refractivity contribution in [3.05, 3.63) is 76.5 Å². The van der Waals surface area contributed by atoms with Crippen LogP contribution in [0, 0.1) is 0 Å². The van der Waals surface area contributed by atoms with Crippen molar-refractivity contribution in [2.45, 2.75) is 6.61 Å². The van der Waals surface area contributed by atoms with Crippen molar-refractivity contribution in [3.8, 4) is 11.5 Å². The summed E-state index contributed by atoms with van der Waals surface area (Å²) in [5.41, 5.74) is 0.807. The Bertz CT molecular complexity index is 1120. The van der Waals surface area contributed by atoms with Gasteiger partial charge < -0.3 is 9.15 Å². The molecular weight excluding hydrogens is 384 g/mol. The number of ether oxygens (including phenoxy) is 1. The number of hydrogen-bond acceptors (Lipinski definition) is 6. The lowest BCUT2D eigenvalue weighted by Crippen LogP contribution is -2.00. The molecule has 4 rings (SSSR count). The van der Waals surface area contributed by atoms with Gasteiger partial charge in [0.1, 0.15) is 0 Å². The van der Waals surface area contributed by atoms with Gasteiger partial charge in [0, 0.05) is 26.6 Å². The Morgan fingerprint density at radius 1 is 1.11 bits per heavy atom. The number of carbonyl (C=O) groups excluding carboxylic acids is 1. The molecule has 2 aromatic carbocycles. The van der Waals surface area contributed by atoms with Crippen molar-refractivity contribution >= 4 is 45.1 Å². The Balaban J connectivity index is 1.39. The smallest absolute Gasteiger partial charge is 0.331 e. The first-order chi connectivity index (χ1) is 13.2. The van der Waals surface area contributed by atoms with Gasteiger partial charge in [0.25, 0.3) is 5.89 Å². The number of fused-ring (bicyclic) bond motifs is 1. The molecule has 134 valence electrons. The number of aromatic nitrogens is 2. The van der Waals surface area contributed by atoms with Crippen LogP contribution < -0.4 is 0 Å². The number of benzene rings is 2. The third-order valence-corrected chi connectivity index (χ3v) is 5.41. The number of thiophene rings is 1. The normalized spacial score (nSPS) is 11.3. The van der Waals surface area contributed by atoms with Gasteiger partial charge in [-0.25, -0.2) is 4.79 Å². The molecule has 0 fully saturated rings. The first-order valence-corrected chi connectivity index (χ1v) is 9.30. The molecule has 0 aliphatic heterocycles. The Morgan fingerprint density at radius 3 is 2.70 bits per heavy atom. The molecule has 4 aromatic rings. The second kappa shape index (κ2) is 7.73. The molecule has 0 saturated carbocycles. The van der Waals surface area contributed by atoms with Gasteiger partial charge >= 0.3 is 5.97 Å². The minimum absolute atomic E-state index is 0.0941. The fraction of sp³-hybridized carbons (Fsp3) is 0.0500. The fourth-order valence-electron chi connectivity index (χ4n) is 2.47. The van der Waals surface area contributed by atoms with Gasteiger partial charge in [-0.15, -0.1) is 21.5 Å². The second-order valence-corrected chi connectivity index (χ2v) is 7.05. The van der Waals surface area contributed by atoms with Crippen LogP contribution in [0.2, 0.25) is 5.02 Å². The van der Waals surface area contributed by atoms with E-state index in [1.165, 1.54) is 17.4 Å². The van der Waals surface area contributed by atoms with Crippen LogP contribution in [0.5, 0.6) is 0 Å². The van der Waals surface area contributed by atoms with Gasteiger partial charge in [-0.2, -0.15) is 0 Å². The first-order valence-electron chi connectivity index (χ1n) is 8.10. The second-order valence-electron chi connectivity index (χ2n) is 5.58. The highest BCUT2D eigenvalue weighted by Gasteiger charge is 2.11. The minimum atomic E-state index is -0.511. The van der Waals surface area contributed by atoms with E-state index < -0.39 is 5.97 Å². The number of carbonyl (C=O) groups is 1. The molecule has 7 heteroatoms. The highest BCUT2D eigenvalue weighted by molar-refractivity contribution is 7.20. The van der Waals surface area contributed by atoms with Gasteiger partial charge in [0.15, 0.2) is 6.61 Å². The Labute approximate surface area is 163 Å². The Hall–Kier alpha value is -2.96. The van der Waals surface area contributed by atoms with Gasteiger partial charge in [0.2, 0.25) is 5.89 Å². The zero-order valence-electron chi connectivity index (χ0n) is 14.0. The van der Waals surface area contributed by atoms with E-state index in [1.54, 1.807) is 6.08 Å². The lowest BCUT2D eigenvalue weighted by molar-refractivity contribution is -0.139. The monoisotopic (exact) mass is 396 g/mol. The van der Waals surface area contributed by atoms with Crippen LogP contribution in [-0.2, 0) is 16.1 Å². The van der Waals surface area contributed by atoms with Crippen molar-refractivity contribution in [2.24, 2.45) is 0 Å². The molecule has 0 radical (unpaired) electrons. The third-order valence-electron chi connectivity index (χ3n) is 3.76. The molecule has 27 heavy (non-hydrogen) atoms. The molecule has 0 unspecified atom stereocenters. The highest BCUT2D eigenvalue weighted by Crippen LogP contribution is 2.35. The summed E-state index contributed by atoms with van der Waals surface area (Å²) in [6.07, 6.45) is 2.99. The number of halogens is 1. The van der Waals surface area contributed by atoms with Crippen molar-refractivity contribution in [2.75, 3.05) is 0 Å². The summed E-state index contributed by atoms with van der Waals surface area (Å²) < 4.78 is 11.7. The minimum Gasteiger partial charge on any atom is -0.452 e. The number of rotatable bonds is 5. The fourth-order valence-corrected chi connectivity index (χ4v) is 3.87. The lowest BCUT2D eigenvalue weighted by Gasteiger charge is -1.97. The summed E-state index contributed by atoms with van der Waals surface area (Å²) in [5.74, 6) is 0.104. The lowest BCUT2D eigenvalue weighted by atomic mass is 10.2. The van der Waals surface area contributed by atoms with Crippen molar-refractivity contribution in [1.82, 2.24) is 10.2 Å². The van der Waals surface area contributed by atoms with E-state index >= 15 is 0 Å². The summed E-state index contributed by atoms with van der Waals surface area (Å²) in [5, 5.41) is 9.44. The summed E-state index contributed by atoms with van der Waals surface area (Å²) in [4.78, 5) is 12.8. The number of nitrogens with zero attached hydrogens (tertiary/aromatic N) is 2. The Kier molecular flexibility index (Phi) is 5.00. The van der Waals surface area contributed by atoms with Gasteiger partial charge in [0.05, 0.1) is 5.02 Å². The van der Waals surface area contributed by atoms with Crippen LogP contribution >= 0.6 is 22.9 Å². The number of esters is 1. The Morgan fingerprint density at radius 2 is 1.89 bits per heavy atom. The van der Waals surface area contributed by atoms with Gasteiger partial charge in [-0.1, -0.05) is 48.0 Å². The van der Waals surface area contributed by atoms with Gasteiger partial charge in [-0.3, -0.25) is 0 Å². The SMILES string of the molecule is O=C(/C=C/c1sc2ccccc2c1Cl)OCc1nnc(-c2ccccc2)o1. The zero-order valence-corrected chi connectivity index (χ0v) is 15.5. The van der Waals surface area contributed by atoms with Crippen LogP contribution in [-0.4, -0.2) is 16.2 Å². The molecular formula is C20H13ClN2O3S. The summed E-state index contributed by atoms with van der Waals surface area (Å²) in [6.45, 7) is -0.0941. The van der Waals surface area contributed by atoms with E-state index in [-0.39, 0.29) is 12.5 Å². The van der Waals surface area contributed by atoms with Crippen LogP contribution in [0.4, 0.5) is 0 Å². The predicted octanol–water partition coefficient (Wildman–Crippen LogP) is 5.36. The van der Waals surface area contributed by atoms with E-state index in [0.717, 1.165) is 20.5 Å². The number of hydrogen-bond donors (Lipinski definition) is 0. The standard InChI is InChI=1S/C20H13ClN2O3S/c21-19-14-8-4-5-9-15(14)27-16(19)10-11-18(24)25-12-17-22-23-20(26-17)13-6-2-1-3-7-13/h1-11H,12H2/b11-10+. The average molecular weight is 397 g/mol. The summed E-state index contributed by atoms with van der Waals surface area (Å²) >= 11 is 7.86. The molecule has 2 heterocycles. The molecule has 0 saturated heterocycles. The van der Waals surface area contributed by atoms with Crippen molar-refractivity contribution < 1.29 is 13.9 Å². The molecule has 2 aromatic heterocycles. The molecule has 0 bridgehead atoms. The van der Waals surface area contributed by atoms with Crippen LogP contribution in [0.25, 0.3) is 27.6 Å². The van der Waals surface area contributed by atoms with Crippen LogP contribution in [0.3, 0.4) is 0 Å². The molecule has 0 spiro atoms. The van der Waals surface area contributed by atoms with Crippen molar-refractivity contribution in [1.29, 1.82) is 0 Å². The van der Waals surface area contributed by atoms with E-state index in [4.69, 9.17) is 20.8 Å². The van der Waals surface area contributed by atoms with E-state index in [0.29, 0.717) is 10.9 Å². The quantitative estimate of drug-likeness (QED) is 0.335. The zero-order chi connectivity index (χ0) is 18.6. The summed E-state index contributed by atoms with van der Waals surface area (Å²) in [7, 11) is 0. The largest absolute Gasteiger partial charge is 0.452 e. The molecule has 0 aliphatic carbocycles. The van der Waals surface area contributed by atoms with Gasteiger partial charge in [-0.05, 0) is 24.3 Å². The molecule has 5 nitrogen and oxygen atoms in total. The maximum absolute atomic E-state index is 12.0. The molecule has 0 aliphatic rings. The average Bonchev–Trinajstić information content (AvgIpc) is 3.31. The predicted molar refractivity (Wildman–Crippen MR) is 105 cm³/mol. The molecule has 0 N–H and O–H groups in total. The molecule has 0 amide bonds. The first kappa shape index (κ1) is 17.5. The van der Waals surface area contributed by atoms with E-state index in [2.05, 4.69) is 10.2 Å². The van der Waals surface area contributed by atoms with Crippen LogP contribution in [0.15, 0.2) is 65.1 Å². The maximum atomic E-state index is 12.0.